The summed E-state index contributed by atoms with van der Waals surface area (Å²) >= 11 is 0. The van der Waals surface area contributed by atoms with Crippen molar-refractivity contribution in [2.75, 3.05) is 41.3 Å². The molecule has 1 aliphatic rings. The average Bonchev–Trinajstić information content (AvgIpc) is 2.55. The Morgan fingerprint density at radius 3 is 2.35 bits per heavy atom. The number of aromatic nitrogens is 3. The van der Waals surface area contributed by atoms with E-state index >= 15 is 0 Å². The van der Waals surface area contributed by atoms with Gasteiger partial charge in [-0.2, -0.15) is 10.1 Å². The second-order valence-corrected chi connectivity index (χ2v) is 5.89. The monoisotopic (exact) mass is 316 g/mol. The van der Waals surface area contributed by atoms with E-state index in [9.17, 15) is 4.39 Å². The van der Waals surface area contributed by atoms with Gasteiger partial charge < -0.3 is 15.1 Å². The van der Waals surface area contributed by atoms with Gasteiger partial charge in [0, 0.05) is 37.9 Å². The minimum atomic E-state index is -0.207. The van der Waals surface area contributed by atoms with Crippen LogP contribution >= 0.6 is 0 Å². The Kier molecular flexibility index (Phi) is 4.55. The highest BCUT2D eigenvalue weighted by atomic mass is 19.1. The third-order valence-electron chi connectivity index (χ3n) is 3.74. The zero-order valence-corrected chi connectivity index (χ0v) is 13.4. The summed E-state index contributed by atoms with van der Waals surface area (Å²) in [5.74, 6) is 1.18. The van der Waals surface area contributed by atoms with E-state index in [1.807, 2.05) is 12.1 Å². The lowest BCUT2D eigenvalue weighted by atomic mass is 10.2. The van der Waals surface area contributed by atoms with Crippen molar-refractivity contribution in [3.8, 4) is 0 Å². The van der Waals surface area contributed by atoms with E-state index < -0.39 is 0 Å². The molecule has 1 aromatic heterocycles. The van der Waals surface area contributed by atoms with Crippen LogP contribution in [-0.2, 0) is 0 Å². The fourth-order valence-electron chi connectivity index (χ4n) is 2.61. The Morgan fingerprint density at radius 1 is 1.04 bits per heavy atom. The standard InChI is InChI=1S/C16H21FN6/c1-12(2)19-15-11-18-21-16(20-15)23-9-7-22(8-10-23)14-5-3-13(17)4-6-14/h3-6,11-12H,7-10H2,1-2H3,(H,19,20,21). The van der Waals surface area contributed by atoms with Crippen molar-refractivity contribution in [1.29, 1.82) is 0 Å². The topological polar surface area (TPSA) is 57.2 Å². The SMILES string of the molecule is CC(C)Nc1cnnc(N2CCN(c3ccc(F)cc3)CC2)n1. The predicted molar refractivity (Wildman–Crippen MR) is 89.4 cm³/mol. The Balaban J connectivity index is 1.63. The maximum absolute atomic E-state index is 13.0. The van der Waals surface area contributed by atoms with E-state index in [4.69, 9.17) is 0 Å². The van der Waals surface area contributed by atoms with Gasteiger partial charge in [-0.15, -0.1) is 5.10 Å². The molecule has 1 N–H and O–H groups in total. The molecule has 1 saturated heterocycles. The van der Waals surface area contributed by atoms with Gasteiger partial charge in [-0.1, -0.05) is 0 Å². The molecule has 6 nitrogen and oxygen atoms in total. The van der Waals surface area contributed by atoms with Gasteiger partial charge in [0.25, 0.3) is 0 Å². The van der Waals surface area contributed by atoms with Crippen LogP contribution in [0.1, 0.15) is 13.8 Å². The highest BCUT2D eigenvalue weighted by Gasteiger charge is 2.20. The number of nitrogens with one attached hydrogen (secondary N) is 1. The molecule has 1 aromatic carbocycles. The van der Waals surface area contributed by atoms with Crippen molar-refractivity contribution in [2.45, 2.75) is 19.9 Å². The second-order valence-electron chi connectivity index (χ2n) is 5.89. The largest absolute Gasteiger partial charge is 0.368 e. The number of anilines is 3. The number of hydrogen-bond acceptors (Lipinski definition) is 6. The van der Waals surface area contributed by atoms with E-state index in [1.165, 1.54) is 12.1 Å². The summed E-state index contributed by atoms with van der Waals surface area (Å²) in [4.78, 5) is 8.88. The normalized spacial score (nSPS) is 15.1. The Bertz CT molecular complexity index is 637. The number of rotatable bonds is 4. The third-order valence-corrected chi connectivity index (χ3v) is 3.74. The zero-order valence-electron chi connectivity index (χ0n) is 13.4. The van der Waals surface area contributed by atoms with Crippen LogP contribution in [0.2, 0.25) is 0 Å². The predicted octanol–water partition coefficient (Wildman–Crippen LogP) is 2.16. The van der Waals surface area contributed by atoms with Gasteiger partial charge in [-0.05, 0) is 38.1 Å². The summed E-state index contributed by atoms with van der Waals surface area (Å²) in [6.07, 6.45) is 1.64. The molecular weight excluding hydrogens is 295 g/mol. The number of nitrogens with zero attached hydrogens (tertiary/aromatic N) is 5. The van der Waals surface area contributed by atoms with Crippen molar-refractivity contribution in [2.24, 2.45) is 0 Å². The fourth-order valence-corrected chi connectivity index (χ4v) is 2.61. The second kappa shape index (κ2) is 6.76. The van der Waals surface area contributed by atoms with E-state index in [0.717, 1.165) is 37.7 Å². The molecule has 0 unspecified atom stereocenters. The fraction of sp³-hybridized carbons (Fsp3) is 0.438. The lowest BCUT2D eigenvalue weighted by molar-refractivity contribution is 0.622. The van der Waals surface area contributed by atoms with Crippen molar-refractivity contribution in [3.05, 3.63) is 36.3 Å². The molecule has 0 atom stereocenters. The summed E-state index contributed by atoms with van der Waals surface area (Å²) in [5, 5.41) is 11.4. The van der Waals surface area contributed by atoms with E-state index in [-0.39, 0.29) is 5.82 Å². The van der Waals surface area contributed by atoms with Gasteiger partial charge in [0.1, 0.15) is 5.82 Å². The molecular formula is C16H21FN6. The first-order valence-electron chi connectivity index (χ1n) is 7.83. The van der Waals surface area contributed by atoms with Crippen molar-refractivity contribution in [3.63, 3.8) is 0 Å². The molecule has 1 aliphatic heterocycles. The molecule has 0 amide bonds. The molecule has 7 heteroatoms. The number of piperazine rings is 1. The van der Waals surface area contributed by atoms with Gasteiger partial charge >= 0.3 is 0 Å². The number of hydrogen-bond donors (Lipinski definition) is 1. The molecule has 0 aliphatic carbocycles. The lowest BCUT2D eigenvalue weighted by Gasteiger charge is -2.36. The van der Waals surface area contributed by atoms with Gasteiger partial charge in [0.2, 0.25) is 5.95 Å². The Labute approximate surface area is 135 Å². The minimum absolute atomic E-state index is 0.207. The highest BCUT2D eigenvalue weighted by molar-refractivity contribution is 5.49. The number of benzene rings is 1. The van der Waals surface area contributed by atoms with Crippen LogP contribution in [0.4, 0.5) is 21.8 Å². The summed E-state index contributed by atoms with van der Waals surface area (Å²) in [6, 6.07) is 6.92. The summed E-state index contributed by atoms with van der Waals surface area (Å²) in [6.45, 7) is 7.43. The van der Waals surface area contributed by atoms with Crippen molar-refractivity contribution < 1.29 is 4.39 Å². The van der Waals surface area contributed by atoms with Crippen LogP contribution in [0.15, 0.2) is 30.5 Å². The first kappa shape index (κ1) is 15.5. The van der Waals surface area contributed by atoms with E-state index in [0.29, 0.717) is 12.0 Å². The molecule has 0 bridgehead atoms. The average molecular weight is 316 g/mol. The van der Waals surface area contributed by atoms with E-state index in [1.54, 1.807) is 6.20 Å². The molecule has 0 spiro atoms. The van der Waals surface area contributed by atoms with Crippen LogP contribution in [0, 0.1) is 5.82 Å². The van der Waals surface area contributed by atoms with Crippen molar-refractivity contribution in [1.82, 2.24) is 15.2 Å². The first-order valence-corrected chi connectivity index (χ1v) is 7.83. The minimum Gasteiger partial charge on any atom is -0.368 e. The van der Waals surface area contributed by atoms with Gasteiger partial charge in [0.05, 0.1) is 6.20 Å². The summed E-state index contributed by atoms with van der Waals surface area (Å²) in [5.41, 5.74) is 1.04. The van der Waals surface area contributed by atoms with Crippen LogP contribution in [0.25, 0.3) is 0 Å². The molecule has 3 rings (SSSR count). The first-order chi connectivity index (χ1) is 11.1. The maximum atomic E-state index is 13.0. The molecule has 2 aromatic rings. The maximum Gasteiger partial charge on any atom is 0.247 e. The third kappa shape index (κ3) is 3.85. The molecule has 23 heavy (non-hydrogen) atoms. The smallest absolute Gasteiger partial charge is 0.247 e. The van der Waals surface area contributed by atoms with E-state index in [2.05, 4.69) is 44.1 Å². The molecule has 1 fully saturated rings. The Morgan fingerprint density at radius 2 is 1.70 bits per heavy atom. The van der Waals surface area contributed by atoms with Crippen LogP contribution in [0.3, 0.4) is 0 Å². The van der Waals surface area contributed by atoms with Crippen LogP contribution in [0.5, 0.6) is 0 Å². The number of halogens is 1. The molecule has 2 heterocycles. The zero-order chi connectivity index (χ0) is 16.2. The van der Waals surface area contributed by atoms with Gasteiger partial charge in [0.15, 0.2) is 5.82 Å². The van der Waals surface area contributed by atoms with Crippen LogP contribution < -0.4 is 15.1 Å². The lowest BCUT2D eigenvalue weighted by Crippen LogP contribution is -2.47. The summed E-state index contributed by atoms with van der Waals surface area (Å²) < 4.78 is 13.0. The highest BCUT2D eigenvalue weighted by Crippen LogP contribution is 2.19. The molecule has 0 radical (unpaired) electrons. The summed E-state index contributed by atoms with van der Waals surface area (Å²) in [7, 11) is 0. The quantitative estimate of drug-likeness (QED) is 0.933. The van der Waals surface area contributed by atoms with Gasteiger partial charge in [-0.3, -0.25) is 0 Å². The van der Waals surface area contributed by atoms with Crippen molar-refractivity contribution >= 4 is 17.5 Å². The molecule has 122 valence electrons. The molecule has 0 saturated carbocycles. The van der Waals surface area contributed by atoms with Crippen LogP contribution in [-0.4, -0.2) is 47.4 Å². The van der Waals surface area contributed by atoms with Gasteiger partial charge in [-0.25, -0.2) is 4.39 Å². The Hall–Kier alpha value is -2.44.